The van der Waals surface area contributed by atoms with Gasteiger partial charge in [0, 0.05) is 12.7 Å². The van der Waals surface area contributed by atoms with E-state index in [0.717, 1.165) is 0 Å². The van der Waals surface area contributed by atoms with E-state index in [0.29, 0.717) is 10.4 Å². The van der Waals surface area contributed by atoms with Crippen LogP contribution in [0.25, 0.3) is 0 Å². The van der Waals surface area contributed by atoms with Crippen LogP contribution in [0, 0.1) is 11.6 Å². The number of rotatable bonds is 4. The van der Waals surface area contributed by atoms with Crippen molar-refractivity contribution in [1.29, 1.82) is 0 Å². The van der Waals surface area contributed by atoms with E-state index in [-0.39, 0.29) is 12.1 Å². The maximum absolute atomic E-state index is 13.7. The molecule has 0 saturated carbocycles. The number of hydrogen-bond acceptors (Lipinski definition) is 3. The summed E-state index contributed by atoms with van der Waals surface area (Å²) < 4.78 is 33.4. The van der Waals surface area contributed by atoms with Gasteiger partial charge in [0.2, 0.25) is 0 Å². The van der Waals surface area contributed by atoms with Crippen LogP contribution in [-0.4, -0.2) is 11.5 Å². The molecule has 2 N–H and O–H groups in total. The standard InChI is InChI=1S/C13H11BrF2N2O/c14-13-10(5-2-6-18-13)19-11(7-17)12-8(15)3-1-4-9(12)16/h1-6,11H,7,17H2. The van der Waals surface area contributed by atoms with E-state index in [1.165, 1.54) is 18.2 Å². The third-order valence-corrected chi connectivity index (χ3v) is 3.13. The van der Waals surface area contributed by atoms with Gasteiger partial charge < -0.3 is 10.5 Å². The van der Waals surface area contributed by atoms with Gasteiger partial charge in [0.1, 0.15) is 22.3 Å². The van der Waals surface area contributed by atoms with Crippen molar-refractivity contribution in [3.8, 4) is 5.75 Å². The van der Waals surface area contributed by atoms with Crippen LogP contribution in [0.5, 0.6) is 5.75 Å². The molecule has 0 amide bonds. The smallest absolute Gasteiger partial charge is 0.153 e. The van der Waals surface area contributed by atoms with Crippen LogP contribution >= 0.6 is 15.9 Å². The lowest BCUT2D eigenvalue weighted by Gasteiger charge is -2.19. The predicted octanol–water partition coefficient (Wildman–Crippen LogP) is 3.20. The molecule has 1 unspecified atom stereocenters. The first-order valence-corrected chi connectivity index (χ1v) is 6.34. The normalized spacial score (nSPS) is 12.2. The van der Waals surface area contributed by atoms with E-state index in [1.807, 2.05) is 0 Å². The predicted molar refractivity (Wildman–Crippen MR) is 70.7 cm³/mol. The van der Waals surface area contributed by atoms with Crippen molar-refractivity contribution in [3.05, 3.63) is 58.3 Å². The van der Waals surface area contributed by atoms with E-state index >= 15 is 0 Å². The van der Waals surface area contributed by atoms with Gasteiger partial charge in [-0.15, -0.1) is 0 Å². The molecular formula is C13H11BrF2N2O. The first-order valence-electron chi connectivity index (χ1n) is 5.54. The van der Waals surface area contributed by atoms with Gasteiger partial charge in [-0.2, -0.15) is 0 Å². The molecule has 1 atom stereocenters. The molecule has 1 aromatic carbocycles. The van der Waals surface area contributed by atoms with Crippen LogP contribution in [0.15, 0.2) is 41.1 Å². The molecule has 0 aliphatic rings. The van der Waals surface area contributed by atoms with Crippen molar-refractivity contribution in [2.75, 3.05) is 6.54 Å². The van der Waals surface area contributed by atoms with Crippen LogP contribution in [0.1, 0.15) is 11.7 Å². The molecule has 0 aliphatic heterocycles. The Kier molecular flexibility index (Phi) is 4.44. The van der Waals surface area contributed by atoms with Gasteiger partial charge in [-0.1, -0.05) is 6.07 Å². The summed E-state index contributed by atoms with van der Waals surface area (Å²) in [5.74, 6) is -0.994. The Morgan fingerprint density at radius 2 is 1.89 bits per heavy atom. The highest BCUT2D eigenvalue weighted by Crippen LogP contribution is 2.29. The van der Waals surface area contributed by atoms with E-state index in [9.17, 15) is 8.78 Å². The topological polar surface area (TPSA) is 48.1 Å². The van der Waals surface area contributed by atoms with Gasteiger partial charge in [-0.05, 0) is 40.2 Å². The van der Waals surface area contributed by atoms with Gasteiger partial charge in [-0.3, -0.25) is 0 Å². The Morgan fingerprint density at radius 3 is 2.47 bits per heavy atom. The van der Waals surface area contributed by atoms with E-state index < -0.39 is 17.7 Å². The summed E-state index contributed by atoms with van der Waals surface area (Å²) >= 11 is 3.20. The van der Waals surface area contributed by atoms with Crippen molar-refractivity contribution in [2.24, 2.45) is 5.73 Å². The second kappa shape index (κ2) is 6.08. The lowest BCUT2D eigenvalue weighted by atomic mass is 10.1. The molecule has 2 aromatic rings. The minimum Gasteiger partial charge on any atom is -0.481 e. The molecule has 0 spiro atoms. The molecule has 0 radical (unpaired) electrons. The van der Waals surface area contributed by atoms with Crippen molar-refractivity contribution in [1.82, 2.24) is 4.98 Å². The number of pyridine rings is 1. The zero-order valence-corrected chi connectivity index (χ0v) is 11.4. The van der Waals surface area contributed by atoms with Crippen LogP contribution in [0.3, 0.4) is 0 Å². The number of nitrogens with two attached hydrogens (primary N) is 1. The van der Waals surface area contributed by atoms with Crippen LogP contribution < -0.4 is 10.5 Å². The Morgan fingerprint density at radius 1 is 1.21 bits per heavy atom. The van der Waals surface area contributed by atoms with E-state index in [4.69, 9.17) is 10.5 Å². The summed E-state index contributed by atoms with van der Waals surface area (Å²) in [5.41, 5.74) is 5.37. The van der Waals surface area contributed by atoms with E-state index in [1.54, 1.807) is 18.3 Å². The highest BCUT2D eigenvalue weighted by atomic mass is 79.9. The number of aromatic nitrogens is 1. The molecule has 2 rings (SSSR count). The van der Waals surface area contributed by atoms with Crippen LogP contribution in [-0.2, 0) is 0 Å². The van der Waals surface area contributed by atoms with E-state index in [2.05, 4.69) is 20.9 Å². The second-order valence-electron chi connectivity index (χ2n) is 3.77. The zero-order chi connectivity index (χ0) is 13.8. The first kappa shape index (κ1) is 13.9. The Hall–Kier alpha value is -1.53. The fraction of sp³-hybridized carbons (Fsp3) is 0.154. The largest absolute Gasteiger partial charge is 0.481 e. The molecule has 1 aromatic heterocycles. The summed E-state index contributed by atoms with van der Waals surface area (Å²) in [5, 5.41) is 0. The van der Waals surface area contributed by atoms with Crippen molar-refractivity contribution < 1.29 is 13.5 Å². The van der Waals surface area contributed by atoms with Gasteiger partial charge in [0.25, 0.3) is 0 Å². The Balaban J connectivity index is 2.34. The third-order valence-electron chi connectivity index (χ3n) is 2.53. The maximum atomic E-state index is 13.7. The van der Waals surface area contributed by atoms with Crippen molar-refractivity contribution >= 4 is 15.9 Å². The fourth-order valence-corrected chi connectivity index (χ4v) is 2.00. The zero-order valence-electron chi connectivity index (χ0n) is 9.82. The number of benzene rings is 1. The molecular weight excluding hydrogens is 318 g/mol. The van der Waals surface area contributed by atoms with Gasteiger partial charge in [0.05, 0.1) is 5.56 Å². The molecule has 100 valence electrons. The van der Waals surface area contributed by atoms with Gasteiger partial charge in [0.15, 0.2) is 5.75 Å². The number of halogens is 3. The molecule has 0 bridgehead atoms. The highest BCUT2D eigenvalue weighted by Gasteiger charge is 2.21. The Labute approximate surface area is 117 Å². The molecule has 0 fully saturated rings. The molecule has 6 heteroatoms. The molecule has 19 heavy (non-hydrogen) atoms. The van der Waals surface area contributed by atoms with Gasteiger partial charge >= 0.3 is 0 Å². The minimum atomic E-state index is -0.915. The fourth-order valence-electron chi connectivity index (χ4n) is 1.66. The number of hydrogen-bond donors (Lipinski definition) is 1. The molecule has 0 saturated heterocycles. The first-order chi connectivity index (χ1) is 9.13. The van der Waals surface area contributed by atoms with Crippen molar-refractivity contribution in [2.45, 2.75) is 6.10 Å². The lowest BCUT2D eigenvalue weighted by Crippen LogP contribution is -2.21. The monoisotopic (exact) mass is 328 g/mol. The quantitative estimate of drug-likeness (QED) is 0.877. The summed E-state index contributed by atoms with van der Waals surface area (Å²) in [6, 6.07) is 6.93. The molecule has 0 aliphatic carbocycles. The lowest BCUT2D eigenvalue weighted by molar-refractivity contribution is 0.201. The molecule has 1 heterocycles. The summed E-state index contributed by atoms with van der Waals surface area (Å²) in [6.45, 7) is -0.0564. The number of ether oxygens (including phenoxy) is 1. The summed E-state index contributed by atoms with van der Waals surface area (Å²) in [6.07, 6.45) is 0.652. The molecule has 3 nitrogen and oxygen atoms in total. The second-order valence-corrected chi connectivity index (χ2v) is 4.52. The Bertz CT molecular complexity index is 560. The maximum Gasteiger partial charge on any atom is 0.153 e. The van der Waals surface area contributed by atoms with Crippen molar-refractivity contribution in [3.63, 3.8) is 0 Å². The highest BCUT2D eigenvalue weighted by molar-refractivity contribution is 9.10. The summed E-state index contributed by atoms with van der Waals surface area (Å²) in [7, 11) is 0. The van der Waals surface area contributed by atoms with Crippen LogP contribution in [0.2, 0.25) is 0 Å². The van der Waals surface area contributed by atoms with Gasteiger partial charge in [-0.25, -0.2) is 13.8 Å². The number of nitrogens with zero attached hydrogens (tertiary/aromatic N) is 1. The SMILES string of the molecule is NCC(Oc1cccnc1Br)c1c(F)cccc1F. The average Bonchev–Trinajstić information content (AvgIpc) is 2.39. The summed E-state index contributed by atoms with van der Waals surface area (Å²) in [4.78, 5) is 3.97. The average molecular weight is 329 g/mol. The third kappa shape index (κ3) is 3.08. The van der Waals surface area contributed by atoms with Crippen LogP contribution in [0.4, 0.5) is 8.78 Å². The minimum absolute atomic E-state index is 0.0564.